The molecule has 0 saturated carbocycles. The zero-order chi connectivity index (χ0) is 20.8. The summed E-state index contributed by atoms with van der Waals surface area (Å²) in [6, 6.07) is 19.8. The van der Waals surface area contributed by atoms with Crippen LogP contribution in [0.2, 0.25) is 0 Å². The van der Waals surface area contributed by atoms with Gasteiger partial charge in [-0.3, -0.25) is 0 Å². The van der Waals surface area contributed by atoms with E-state index in [-0.39, 0.29) is 5.82 Å². The number of hydrogen-bond donors (Lipinski definition) is 0. The van der Waals surface area contributed by atoms with Gasteiger partial charge in [0.15, 0.2) is 11.5 Å². The molecule has 0 aliphatic heterocycles. The molecule has 3 nitrogen and oxygen atoms in total. The number of allylic oxidation sites excluding steroid dienone is 1. The Balaban J connectivity index is 1.89. The Bertz CT molecular complexity index is 1090. The summed E-state index contributed by atoms with van der Waals surface area (Å²) >= 11 is 5.78. The first kappa shape index (κ1) is 21.3. The maximum absolute atomic E-state index is 13.5. The Morgan fingerprint density at radius 3 is 2.59 bits per heavy atom. The summed E-state index contributed by atoms with van der Waals surface area (Å²) < 4.78 is 26.8. The Morgan fingerprint density at radius 2 is 1.93 bits per heavy atom. The monoisotopic (exact) mass is 563 g/mol. The number of benzene rings is 3. The third kappa shape index (κ3) is 5.58. The predicted octanol–water partition coefficient (Wildman–Crippen LogP) is 6.84. The van der Waals surface area contributed by atoms with Crippen molar-refractivity contribution >= 4 is 50.2 Å². The van der Waals surface area contributed by atoms with Crippen LogP contribution in [-0.4, -0.2) is 7.11 Å². The van der Waals surface area contributed by atoms with Crippen LogP contribution in [0.25, 0.3) is 11.6 Å². The van der Waals surface area contributed by atoms with E-state index in [1.807, 2.05) is 30.3 Å². The molecule has 146 valence electrons. The molecular weight excluding hydrogens is 548 g/mol. The molecule has 6 heteroatoms. The first-order valence-corrected chi connectivity index (χ1v) is 10.5. The van der Waals surface area contributed by atoms with Gasteiger partial charge in [0.2, 0.25) is 0 Å². The fraction of sp³-hybridized carbons (Fsp3) is 0.0870. The van der Waals surface area contributed by atoms with Crippen LogP contribution < -0.4 is 9.47 Å². The first-order valence-electron chi connectivity index (χ1n) is 8.62. The lowest BCUT2D eigenvalue weighted by Gasteiger charge is -2.14. The molecule has 0 atom stereocenters. The third-order valence-electron chi connectivity index (χ3n) is 4.12. The Hall–Kier alpha value is -2.37. The largest absolute Gasteiger partial charge is 0.493 e. The first-order chi connectivity index (χ1) is 14.0. The summed E-state index contributed by atoms with van der Waals surface area (Å²) in [5.41, 5.74) is 2.64. The number of methoxy groups -OCH3 is 1. The highest BCUT2D eigenvalue weighted by atomic mass is 127. The van der Waals surface area contributed by atoms with Crippen molar-refractivity contribution in [3.05, 3.63) is 91.2 Å². The normalized spacial score (nSPS) is 11.1. The second-order valence-electron chi connectivity index (χ2n) is 6.13. The molecule has 3 rings (SSSR count). The molecule has 0 N–H and O–H groups in total. The fourth-order valence-electron chi connectivity index (χ4n) is 2.70. The average Bonchev–Trinajstić information content (AvgIpc) is 2.72. The second-order valence-corrected chi connectivity index (χ2v) is 8.23. The van der Waals surface area contributed by atoms with Gasteiger partial charge in [-0.2, -0.15) is 5.26 Å². The molecule has 0 unspecified atom stereocenters. The van der Waals surface area contributed by atoms with E-state index >= 15 is 0 Å². The summed E-state index contributed by atoms with van der Waals surface area (Å²) in [6.45, 7) is 0.397. The van der Waals surface area contributed by atoms with Crippen LogP contribution in [0, 0.1) is 20.7 Å². The van der Waals surface area contributed by atoms with E-state index in [4.69, 9.17) is 9.47 Å². The minimum absolute atomic E-state index is 0.353. The number of hydrogen-bond acceptors (Lipinski definition) is 3. The van der Waals surface area contributed by atoms with Crippen LogP contribution in [0.1, 0.15) is 16.7 Å². The SMILES string of the molecule is COc1cc(/C=C(/C#N)c2cccc(F)c2)cc(Br)c1OCc1ccc(I)cc1. The topological polar surface area (TPSA) is 42.2 Å². The van der Waals surface area contributed by atoms with Crippen LogP contribution in [0.15, 0.2) is 65.1 Å². The lowest BCUT2D eigenvalue weighted by molar-refractivity contribution is 0.282. The Kier molecular flexibility index (Phi) is 7.29. The molecular formula is C23H16BrFINO2. The molecule has 0 amide bonds. The minimum Gasteiger partial charge on any atom is -0.493 e. The van der Waals surface area contributed by atoms with Gasteiger partial charge in [0, 0.05) is 3.57 Å². The van der Waals surface area contributed by atoms with Crippen molar-refractivity contribution in [1.29, 1.82) is 5.26 Å². The van der Waals surface area contributed by atoms with Crippen LogP contribution >= 0.6 is 38.5 Å². The summed E-state index contributed by atoms with van der Waals surface area (Å²) in [6.07, 6.45) is 1.69. The lowest BCUT2D eigenvalue weighted by atomic mass is 10.0. The number of rotatable bonds is 6. The van der Waals surface area contributed by atoms with Gasteiger partial charge in [0.1, 0.15) is 12.4 Å². The maximum Gasteiger partial charge on any atom is 0.175 e. The van der Waals surface area contributed by atoms with Crippen molar-refractivity contribution in [2.75, 3.05) is 7.11 Å². The fourth-order valence-corrected chi connectivity index (χ4v) is 3.64. The number of ether oxygens (including phenoxy) is 2. The molecule has 0 aromatic heterocycles. The van der Waals surface area contributed by atoms with Crippen molar-refractivity contribution in [2.45, 2.75) is 6.61 Å². The van der Waals surface area contributed by atoms with Gasteiger partial charge in [-0.25, -0.2) is 4.39 Å². The van der Waals surface area contributed by atoms with E-state index < -0.39 is 0 Å². The highest BCUT2D eigenvalue weighted by Crippen LogP contribution is 2.38. The smallest absolute Gasteiger partial charge is 0.175 e. The van der Waals surface area contributed by atoms with E-state index in [1.165, 1.54) is 12.1 Å². The molecule has 0 aliphatic rings. The van der Waals surface area contributed by atoms with Gasteiger partial charge in [0.05, 0.1) is 23.2 Å². The van der Waals surface area contributed by atoms with Crippen LogP contribution in [0.4, 0.5) is 4.39 Å². The quantitative estimate of drug-likeness (QED) is 0.187. The van der Waals surface area contributed by atoms with Gasteiger partial charge >= 0.3 is 0 Å². The predicted molar refractivity (Wildman–Crippen MR) is 124 cm³/mol. The molecule has 29 heavy (non-hydrogen) atoms. The van der Waals surface area contributed by atoms with Crippen molar-refractivity contribution in [3.63, 3.8) is 0 Å². The van der Waals surface area contributed by atoms with Crippen molar-refractivity contribution in [1.82, 2.24) is 0 Å². The van der Waals surface area contributed by atoms with Crippen LogP contribution in [-0.2, 0) is 6.61 Å². The average molecular weight is 564 g/mol. The van der Waals surface area contributed by atoms with Crippen molar-refractivity contribution < 1.29 is 13.9 Å². The van der Waals surface area contributed by atoms with E-state index in [0.717, 1.165) is 14.7 Å². The third-order valence-corrected chi connectivity index (χ3v) is 5.42. The summed E-state index contributed by atoms with van der Waals surface area (Å²) in [4.78, 5) is 0. The van der Waals surface area contributed by atoms with Gasteiger partial charge in [-0.15, -0.1) is 0 Å². The zero-order valence-corrected chi connectivity index (χ0v) is 19.2. The molecule has 0 saturated heterocycles. The van der Waals surface area contributed by atoms with Crippen LogP contribution in [0.5, 0.6) is 11.5 Å². The van der Waals surface area contributed by atoms with E-state index in [2.05, 4.69) is 44.6 Å². The summed E-state index contributed by atoms with van der Waals surface area (Å²) in [5, 5.41) is 9.50. The minimum atomic E-state index is -0.387. The van der Waals surface area contributed by atoms with Crippen molar-refractivity contribution in [2.24, 2.45) is 0 Å². The molecule has 0 bridgehead atoms. The molecule has 3 aromatic carbocycles. The van der Waals surface area contributed by atoms with Crippen molar-refractivity contribution in [3.8, 4) is 17.6 Å². The van der Waals surface area contributed by atoms with E-state index in [0.29, 0.717) is 33.7 Å². The molecule has 0 aliphatic carbocycles. The van der Waals surface area contributed by atoms with Crippen LogP contribution in [0.3, 0.4) is 0 Å². The van der Waals surface area contributed by atoms with E-state index in [9.17, 15) is 9.65 Å². The molecule has 0 fully saturated rings. The van der Waals surface area contributed by atoms with Gasteiger partial charge in [-0.1, -0.05) is 24.3 Å². The molecule has 3 aromatic rings. The van der Waals surface area contributed by atoms with E-state index in [1.54, 1.807) is 31.4 Å². The number of halogens is 3. The van der Waals surface area contributed by atoms with Gasteiger partial charge in [0.25, 0.3) is 0 Å². The lowest BCUT2D eigenvalue weighted by Crippen LogP contribution is -1.99. The zero-order valence-electron chi connectivity index (χ0n) is 15.5. The maximum atomic E-state index is 13.5. The standard InChI is InChI=1S/C23H16BrFINO2/c1-28-22-11-16(9-18(13-27)17-3-2-4-19(25)12-17)10-21(24)23(22)29-14-15-5-7-20(26)8-6-15/h2-12H,14H2,1H3/b18-9-. The number of nitriles is 1. The Labute approximate surface area is 191 Å². The summed E-state index contributed by atoms with van der Waals surface area (Å²) in [5.74, 6) is 0.724. The highest BCUT2D eigenvalue weighted by Gasteiger charge is 2.12. The molecule has 0 heterocycles. The highest BCUT2D eigenvalue weighted by molar-refractivity contribution is 14.1. The van der Waals surface area contributed by atoms with Gasteiger partial charge in [-0.05, 0) is 97.7 Å². The number of nitrogens with zero attached hydrogens (tertiary/aromatic N) is 1. The summed E-state index contributed by atoms with van der Waals surface area (Å²) in [7, 11) is 1.56. The molecule has 0 radical (unpaired) electrons. The molecule has 0 spiro atoms. The second kappa shape index (κ2) is 9.90. The van der Waals surface area contributed by atoms with Gasteiger partial charge < -0.3 is 9.47 Å². The Morgan fingerprint density at radius 1 is 1.17 bits per heavy atom.